The number of alkyl halides is 6. The van der Waals surface area contributed by atoms with E-state index in [4.69, 9.17) is 19.4 Å². The summed E-state index contributed by atoms with van der Waals surface area (Å²) in [5.74, 6) is -2.70. The van der Waals surface area contributed by atoms with E-state index in [2.05, 4.69) is 4.98 Å². The van der Waals surface area contributed by atoms with E-state index >= 15 is 0 Å². The highest BCUT2D eigenvalue weighted by Crippen LogP contribution is 2.40. The number of carboxylic acid groups (broad SMARTS) is 1. The number of carboxylic acids is 1. The molecule has 2 aromatic carbocycles. The lowest BCUT2D eigenvalue weighted by molar-refractivity contribution is -0.192. The van der Waals surface area contributed by atoms with Crippen LogP contribution in [-0.2, 0) is 28.9 Å². The molecule has 1 N–H and O–H groups in total. The van der Waals surface area contributed by atoms with Crippen molar-refractivity contribution in [2.45, 2.75) is 57.9 Å². The van der Waals surface area contributed by atoms with Crippen molar-refractivity contribution in [2.75, 3.05) is 32.2 Å². The van der Waals surface area contributed by atoms with Crippen LogP contribution in [0.25, 0.3) is 0 Å². The maximum atomic E-state index is 14.0. The molecule has 1 aromatic heterocycles. The number of aryl methyl sites for hydroxylation is 1. The number of amides is 2. The molecule has 2 atom stereocenters. The van der Waals surface area contributed by atoms with Crippen LogP contribution in [0.1, 0.15) is 41.8 Å². The van der Waals surface area contributed by atoms with Gasteiger partial charge in [0.2, 0.25) is 5.91 Å². The summed E-state index contributed by atoms with van der Waals surface area (Å²) in [5, 5.41) is 7.12. The minimum Gasteiger partial charge on any atom is -0.497 e. The summed E-state index contributed by atoms with van der Waals surface area (Å²) >= 11 is 0. The number of benzene rings is 2. The Bertz CT molecular complexity index is 1650. The van der Waals surface area contributed by atoms with Crippen LogP contribution in [0.2, 0.25) is 0 Å². The number of aliphatic carboxylic acids is 1. The van der Waals surface area contributed by atoms with Crippen molar-refractivity contribution in [2.24, 2.45) is 5.92 Å². The van der Waals surface area contributed by atoms with Crippen LogP contribution < -0.4 is 14.4 Å². The number of piperazine rings is 1. The monoisotopic (exact) mass is 699 g/mol. The SMILES string of the molecule is COc1ccc(CN2CC3N(CCCn4ccnc4)c4ccc(C(F)(F)F)cc4C(=O)N3[C@@H](C(C)C)C2=O)c(OC)c1.O=C(O)C(F)(F)F. The number of rotatable bonds is 9. The zero-order chi connectivity index (χ0) is 36.3. The molecule has 266 valence electrons. The van der Waals surface area contributed by atoms with E-state index in [-0.39, 0.29) is 30.5 Å². The lowest BCUT2D eigenvalue weighted by Crippen LogP contribution is -2.71. The predicted molar refractivity (Wildman–Crippen MR) is 163 cm³/mol. The van der Waals surface area contributed by atoms with E-state index in [1.54, 1.807) is 43.8 Å². The Morgan fingerprint density at radius 3 is 2.27 bits per heavy atom. The molecule has 17 heteroatoms. The number of fused-ring (bicyclic) bond motifs is 2. The van der Waals surface area contributed by atoms with Crippen LogP contribution in [0, 0.1) is 5.92 Å². The van der Waals surface area contributed by atoms with E-state index in [1.807, 2.05) is 35.6 Å². The first-order valence-corrected chi connectivity index (χ1v) is 15.0. The Hall–Kier alpha value is -4.96. The van der Waals surface area contributed by atoms with Crippen LogP contribution in [0.4, 0.5) is 32.0 Å². The molecule has 2 amide bonds. The number of ether oxygens (including phenoxy) is 2. The topological polar surface area (TPSA) is 117 Å². The number of anilines is 1. The molecule has 2 aliphatic heterocycles. The van der Waals surface area contributed by atoms with Gasteiger partial charge in [-0.25, -0.2) is 9.78 Å². The maximum absolute atomic E-state index is 14.0. The van der Waals surface area contributed by atoms with Gasteiger partial charge in [0.1, 0.15) is 23.7 Å². The maximum Gasteiger partial charge on any atom is 0.490 e. The molecule has 0 aliphatic carbocycles. The molecule has 0 bridgehead atoms. The zero-order valence-corrected chi connectivity index (χ0v) is 27.0. The van der Waals surface area contributed by atoms with Gasteiger partial charge in [0, 0.05) is 43.7 Å². The van der Waals surface area contributed by atoms with Gasteiger partial charge < -0.3 is 33.8 Å². The highest BCUT2D eigenvalue weighted by molar-refractivity contribution is 6.05. The summed E-state index contributed by atoms with van der Waals surface area (Å²) in [5.41, 5.74) is 0.252. The lowest BCUT2D eigenvalue weighted by atomic mass is 9.92. The first-order chi connectivity index (χ1) is 23.0. The Balaban J connectivity index is 0.000000698. The Kier molecular flexibility index (Phi) is 11.0. The Labute approximate surface area is 277 Å². The highest BCUT2D eigenvalue weighted by atomic mass is 19.4. The van der Waals surface area contributed by atoms with Gasteiger partial charge in [0.25, 0.3) is 5.91 Å². The molecular weight excluding hydrogens is 664 g/mol. The van der Waals surface area contributed by atoms with Crippen molar-refractivity contribution in [3.63, 3.8) is 0 Å². The fourth-order valence-electron chi connectivity index (χ4n) is 5.86. The van der Waals surface area contributed by atoms with Crippen LogP contribution in [0.15, 0.2) is 55.1 Å². The smallest absolute Gasteiger partial charge is 0.490 e. The van der Waals surface area contributed by atoms with Crippen molar-refractivity contribution in [3.8, 4) is 11.5 Å². The zero-order valence-electron chi connectivity index (χ0n) is 27.0. The standard InChI is InChI=1S/C30H34F3N5O4.C2HF3O2/c1-19(2)27-29(40)36(16-20-6-8-22(41-3)15-25(20)42-4)17-26-37(12-5-11-35-13-10-34-18-35)24-9-7-21(30(31,32)33)14-23(24)28(39)38(26)27;3-2(4,5)1(6)7/h6-10,13-15,18-19,26-27H,5,11-12,16-17H2,1-4H3;(H,6,7)/t26?,27-;/m0./s1. The largest absolute Gasteiger partial charge is 0.497 e. The van der Waals surface area contributed by atoms with Gasteiger partial charge in [0.15, 0.2) is 0 Å². The summed E-state index contributed by atoms with van der Waals surface area (Å²) in [6.07, 6.45) is -4.40. The van der Waals surface area contributed by atoms with Crippen molar-refractivity contribution < 1.29 is 55.3 Å². The molecule has 1 saturated heterocycles. The van der Waals surface area contributed by atoms with Gasteiger partial charge in [-0.2, -0.15) is 26.3 Å². The van der Waals surface area contributed by atoms with Crippen molar-refractivity contribution >= 4 is 23.5 Å². The van der Waals surface area contributed by atoms with E-state index < -0.39 is 42.0 Å². The number of aromatic nitrogens is 2. The first kappa shape index (κ1) is 36.9. The van der Waals surface area contributed by atoms with Gasteiger partial charge in [-0.15, -0.1) is 0 Å². The minimum absolute atomic E-state index is 0.0487. The van der Waals surface area contributed by atoms with Gasteiger partial charge >= 0.3 is 18.3 Å². The molecule has 1 fully saturated rings. The average Bonchev–Trinajstić information content (AvgIpc) is 3.56. The molecule has 0 radical (unpaired) electrons. The third-order valence-electron chi connectivity index (χ3n) is 8.13. The molecule has 3 aromatic rings. The van der Waals surface area contributed by atoms with E-state index in [0.717, 1.165) is 17.7 Å². The van der Waals surface area contributed by atoms with E-state index in [0.29, 0.717) is 36.7 Å². The summed E-state index contributed by atoms with van der Waals surface area (Å²) in [7, 11) is 3.10. The molecule has 0 saturated carbocycles. The van der Waals surface area contributed by atoms with Crippen molar-refractivity contribution in [1.29, 1.82) is 0 Å². The number of carbonyl (C=O) groups excluding carboxylic acids is 2. The molecule has 3 heterocycles. The first-order valence-electron chi connectivity index (χ1n) is 15.0. The second-order valence-corrected chi connectivity index (χ2v) is 11.7. The minimum atomic E-state index is -5.08. The molecule has 49 heavy (non-hydrogen) atoms. The number of nitrogens with zero attached hydrogens (tertiary/aromatic N) is 5. The van der Waals surface area contributed by atoms with Crippen LogP contribution >= 0.6 is 0 Å². The summed E-state index contributed by atoms with van der Waals surface area (Å²) in [4.78, 5) is 46.1. The number of methoxy groups -OCH3 is 2. The third kappa shape index (κ3) is 8.20. The van der Waals surface area contributed by atoms with E-state index in [1.165, 1.54) is 11.0 Å². The molecule has 11 nitrogen and oxygen atoms in total. The van der Waals surface area contributed by atoms with Crippen molar-refractivity contribution in [3.05, 3.63) is 71.8 Å². The second kappa shape index (κ2) is 14.7. The summed E-state index contributed by atoms with van der Waals surface area (Å²) in [6, 6.07) is 7.81. The molecule has 2 aliphatic rings. The predicted octanol–water partition coefficient (Wildman–Crippen LogP) is 5.30. The molecule has 0 spiro atoms. The van der Waals surface area contributed by atoms with Crippen LogP contribution in [0.3, 0.4) is 0 Å². The molecular formula is C32H35F6N5O6. The van der Waals surface area contributed by atoms with Gasteiger partial charge in [0.05, 0.1) is 43.9 Å². The average molecular weight is 700 g/mol. The number of imidazole rings is 1. The Morgan fingerprint density at radius 1 is 1.02 bits per heavy atom. The second-order valence-electron chi connectivity index (χ2n) is 11.7. The van der Waals surface area contributed by atoms with Crippen LogP contribution in [-0.4, -0.2) is 87.9 Å². The van der Waals surface area contributed by atoms with Gasteiger partial charge in [-0.3, -0.25) is 9.59 Å². The summed E-state index contributed by atoms with van der Waals surface area (Å²) < 4.78 is 85.6. The van der Waals surface area contributed by atoms with Gasteiger partial charge in [-0.1, -0.05) is 13.8 Å². The Morgan fingerprint density at radius 2 is 1.71 bits per heavy atom. The highest BCUT2D eigenvalue weighted by Gasteiger charge is 2.50. The van der Waals surface area contributed by atoms with Crippen LogP contribution in [0.5, 0.6) is 11.5 Å². The third-order valence-corrected chi connectivity index (χ3v) is 8.13. The lowest BCUT2D eigenvalue weighted by Gasteiger charge is -2.54. The fraction of sp³-hybridized carbons (Fsp3) is 0.438. The number of carbonyl (C=O) groups is 3. The number of hydrogen-bond acceptors (Lipinski definition) is 7. The quantitative estimate of drug-likeness (QED) is 0.300. The fourth-order valence-corrected chi connectivity index (χ4v) is 5.86. The molecule has 1 unspecified atom stereocenters. The normalized spacial score (nSPS) is 17.7. The summed E-state index contributed by atoms with van der Waals surface area (Å²) in [6.45, 7) is 5.17. The number of halogens is 6. The van der Waals surface area contributed by atoms with Crippen molar-refractivity contribution in [1.82, 2.24) is 19.4 Å². The van der Waals surface area contributed by atoms with E-state index in [9.17, 15) is 35.9 Å². The van der Waals surface area contributed by atoms with Gasteiger partial charge in [-0.05, 0) is 42.7 Å². The number of hydrogen-bond donors (Lipinski definition) is 1. The molecule has 5 rings (SSSR count).